The van der Waals surface area contributed by atoms with E-state index in [9.17, 15) is 4.79 Å². The van der Waals surface area contributed by atoms with E-state index in [0.717, 1.165) is 17.0 Å². The molecular formula is C18H26N4O3. The van der Waals surface area contributed by atoms with Gasteiger partial charge in [-0.3, -0.25) is 9.48 Å². The molecule has 0 saturated heterocycles. The molecule has 3 heterocycles. The predicted molar refractivity (Wildman–Crippen MR) is 93.4 cm³/mol. The summed E-state index contributed by atoms with van der Waals surface area (Å²) in [6.07, 6.45) is 2.52. The van der Waals surface area contributed by atoms with E-state index in [4.69, 9.17) is 9.47 Å². The maximum Gasteiger partial charge on any atom is 0.272 e. The van der Waals surface area contributed by atoms with Crippen LogP contribution >= 0.6 is 0 Å². The summed E-state index contributed by atoms with van der Waals surface area (Å²) in [5.41, 5.74) is 3.53. The first-order valence-electron chi connectivity index (χ1n) is 8.63. The molecule has 0 aliphatic carbocycles. The van der Waals surface area contributed by atoms with E-state index in [1.807, 2.05) is 39.2 Å². The number of nitrogens with zero attached hydrogens (tertiary/aromatic N) is 3. The van der Waals surface area contributed by atoms with E-state index >= 15 is 0 Å². The first-order valence-corrected chi connectivity index (χ1v) is 8.63. The average Bonchev–Trinajstić information content (AvgIpc) is 3.19. The lowest BCUT2D eigenvalue weighted by Crippen LogP contribution is -2.31. The predicted octanol–water partition coefficient (Wildman–Crippen LogP) is 2.15. The number of aromatic nitrogens is 3. The van der Waals surface area contributed by atoms with Crippen molar-refractivity contribution in [2.45, 2.75) is 45.6 Å². The maximum absolute atomic E-state index is 13.2. The van der Waals surface area contributed by atoms with Gasteiger partial charge in [-0.05, 0) is 26.0 Å². The van der Waals surface area contributed by atoms with E-state index in [0.29, 0.717) is 31.8 Å². The molecule has 2 atom stereocenters. The molecule has 0 radical (unpaired) electrons. The normalized spacial score (nSPS) is 19.7. The van der Waals surface area contributed by atoms with Crippen molar-refractivity contribution in [3.63, 3.8) is 0 Å². The Morgan fingerprint density at radius 2 is 2.32 bits per heavy atom. The Labute approximate surface area is 147 Å². The molecule has 1 amide bonds. The third-order valence-electron chi connectivity index (χ3n) is 4.52. The van der Waals surface area contributed by atoms with Gasteiger partial charge in [0.2, 0.25) is 0 Å². The number of nitrogens with one attached hydrogen (secondary N) is 1. The summed E-state index contributed by atoms with van der Waals surface area (Å²) in [6.45, 7) is 5.59. The number of ether oxygens (including phenoxy) is 2. The molecule has 2 aromatic heterocycles. The number of fused-ring (bicyclic) bond motifs is 1. The largest absolute Gasteiger partial charge is 0.383 e. The topological polar surface area (TPSA) is 72.4 Å². The van der Waals surface area contributed by atoms with E-state index in [-0.39, 0.29) is 18.1 Å². The van der Waals surface area contributed by atoms with Crippen LogP contribution < -0.4 is 0 Å². The van der Waals surface area contributed by atoms with Crippen molar-refractivity contribution >= 4 is 5.91 Å². The molecule has 1 N–H and O–H groups in total. The van der Waals surface area contributed by atoms with Crippen LogP contribution in [0, 0.1) is 0 Å². The van der Waals surface area contributed by atoms with Crippen LogP contribution in [0.3, 0.4) is 0 Å². The molecule has 0 spiro atoms. The van der Waals surface area contributed by atoms with Crippen LogP contribution in [0.15, 0.2) is 18.3 Å². The van der Waals surface area contributed by atoms with Crippen LogP contribution in [0.1, 0.15) is 47.4 Å². The Morgan fingerprint density at radius 1 is 1.52 bits per heavy atom. The Hall–Kier alpha value is -2.12. The molecule has 0 saturated carbocycles. The minimum atomic E-state index is -0.109. The molecule has 0 aromatic carbocycles. The third-order valence-corrected chi connectivity index (χ3v) is 4.52. The van der Waals surface area contributed by atoms with Crippen LogP contribution in [-0.2, 0) is 29.0 Å². The Balaban J connectivity index is 1.93. The quantitative estimate of drug-likeness (QED) is 0.870. The van der Waals surface area contributed by atoms with E-state index < -0.39 is 0 Å². The number of carbonyl (C=O) groups excluding carboxylic acids is 1. The van der Waals surface area contributed by atoms with Crippen LogP contribution in [-0.4, -0.2) is 52.4 Å². The van der Waals surface area contributed by atoms with Crippen molar-refractivity contribution in [2.24, 2.45) is 0 Å². The van der Waals surface area contributed by atoms with Gasteiger partial charge in [0.15, 0.2) is 0 Å². The van der Waals surface area contributed by atoms with Crippen molar-refractivity contribution in [1.82, 2.24) is 19.7 Å². The van der Waals surface area contributed by atoms with Crippen LogP contribution in [0.2, 0.25) is 0 Å². The van der Waals surface area contributed by atoms with Crippen molar-refractivity contribution in [3.05, 3.63) is 41.0 Å². The summed E-state index contributed by atoms with van der Waals surface area (Å²) in [6, 6.07) is 3.90. The monoisotopic (exact) mass is 346 g/mol. The molecule has 7 heteroatoms. The second kappa shape index (κ2) is 7.41. The lowest BCUT2D eigenvalue weighted by atomic mass is 9.99. The highest BCUT2D eigenvalue weighted by molar-refractivity contribution is 5.94. The Kier molecular flexibility index (Phi) is 5.24. The summed E-state index contributed by atoms with van der Waals surface area (Å²) in [4.78, 5) is 18.0. The average molecular weight is 346 g/mol. The number of H-pyrrole nitrogens is 1. The SMILES string of the molecule is COCCn1nc2c(c1C(=O)N(C)Cc1ccc[nH]1)C[C@H](C)O[C@@H]2C. The van der Waals surface area contributed by atoms with Crippen molar-refractivity contribution in [3.8, 4) is 0 Å². The minimum absolute atomic E-state index is 0.0271. The van der Waals surface area contributed by atoms with Crippen LogP contribution in [0.5, 0.6) is 0 Å². The zero-order chi connectivity index (χ0) is 18.0. The first-order chi connectivity index (χ1) is 12.0. The summed E-state index contributed by atoms with van der Waals surface area (Å²) in [5.74, 6) is -0.0271. The fourth-order valence-electron chi connectivity index (χ4n) is 3.35. The van der Waals surface area contributed by atoms with Gasteiger partial charge >= 0.3 is 0 Å². The number of carbonyl (C=O) groups is 1. The van der Waals surface area contributed by atoms with E-state index in [2.05, 4.69) is 10.1 Å². The maximum atomic E-state index is 13.2. The van der Waals surface area contributed by atoms with Gasteiger partial charge in [0, 0.05) is 38.0 Å². The fourth-order valence-corrected chi connectivity index (χ4v) is 3.35. The lowest BCUT2D eigenvalue weighted by Gasteiger charge is -2.25. The molecule has 2 aromatic rings. The summed E-state index contributed by atoms with van der Waals surface area (Å²) >= 11 is 0. The molecule has 3 rings (SSSR count). The molecular weight excluding hydrogens is 320 g/mol. The highest BCUT2D eigenvalue weighted by Crippen LogP contribution is 2.32. The van der Waals surface area contributed by atoms with Crippen molar-refractivity contribution in [1.29, 1.82) is 0 Å². The van der Waals surface area contributed by atoms with Gasteiger partial charge in [0.05, 0.1) is 37.6 Å². The van der Waals surface area contributed by atoms with Gasteiger partial charge in [-0.25, -0.2) is 0 Å². The fraction of sp³-hybridized carbons (Fsp3) is 0.556. The Morgan fingerprint density at radius 3 is 3.00 bits per heavy atom. The Bertz CT molecular complexity index is 723. The molecule has 1 aliphatic heterocycles. The van der Waals surface area contributed by atoms with E-state index in [1.54, 1.807) is 16.7 Å². The van der Waals surface area contributed by atoms with Crippen LogP contribution in [0.25, 0.3) is 0 Å². The molecule has 0 fully saturated rings. The molecule has 136 valence electrons. The molecule has 0 bridgehead atoms. The van der Waals surface area contributed by atoms with Crippen molar-refractivity contribution < 1.29 is 14.3 Å². The molecule has 7 nitrogen and oxygen atoms in total. The number of aromatic amines is 1. The molecule has 25 heavy (non-hydrogen) atoms. The molecule has 1 aliphatic rings. The molecule has 0 unspecified atom stereocenters. The zero-order valence-corrected chi connectivity index (χ0v) is 15.3. The zero-order valence-electron chi connectivity index (χ0n) is 15.3. The number of hydrogen-bond acceptors (Lipinski definition) is 4. The van der Waals surface area contributed by atoms with Crippen LogP contribution in [0.4, 0.5) is 0 Å². The van der Waals surface area contributed by atoms with E-state index in [1.165, 1.54) is 0 Å². The van der Waals surface area contributed by atoms with Gasteiger partial charge in [-0.2, -0.15) is 5.10 Å². The highest BCUT2D eigenvalue weighted by atomic mass is 16.5. The van der Waals surface area contributed by atoms with Crippen molar-refractivity contribution in [2.75, 3.05) is 20.8 Å². The smallest absolute Gasteiger partial charge is 0.272 e. The number of amides is 1. The second-order valence-corrected chi connectivity index (χ2v) is 6.58. The minimum Gasteiger partial charge on any atom is -0.383 e. The third kappa shape index (κ3) is 3.62. The summed E-state index contributed by atoms with van der Waals surface area (Å²) in [5, 5.41) is 4.66. The second-order valence-electron chi connectivity index (χ2n) is 6.58. The van der Waals surface area contributed by atoms with Gasteiger partial charge in [0.25, 0.3) is 5.91 Å². The highest BCUT2D eigenvalue weighted by Gasteiger charge is 2.33. The summed E-state index contributed by atoms with van der Waals surface area (Å²) in [7, 11) is 3.46. The lowest BCUT2D eigenvalue weighted by molar-refractivity contribution is -0.00720. The number of rotatable bonds is 6. The summed E-state index contributed by atoms with van der Waals surface area (Å²) < 4.78 is 12.8. The standard InChI is InChI=1S/C18H26N4O3/c1-12-10-15-16(13(2)25-12)20-22(8-9-24-4)17(15)18(23)21(3)11-14-6-5-7-19-14/h5-7,12-13,19H,8-11H2,1-4H3/t12-,13+/m0/s1. The van der Waals surface area contributed by atoms with Gasteiger partial charge < -0.3 is 19.4 Å². The number of methoxy groups -OCH3 is 1. The van der Waals surface area contributed by atoms with Gasteiger partial charge in [-0.1, -0.05) is 0 Å². The first kappa shape index (κ1) is 17.7. The number of hydrogen-bond donors (Lipinski definition) is 1. The van der Waals surface area contributed by atoms with Gasteiger partial charge in [0.1, 0.15) is 5.69 Å². The van der Waals surface area contributed by atoms with Gasteiger partial charge in [-0.15, -0.1) is 0 Å².